The third kappa shape index (κ3) is 4.94. The number of halogens is 1. The van der Waals surface area contributed by atoms with E-state index >= 15 is 0 Å². The Balaban J connectivity index is 1.54. The van der Waals surface area contributed by atoms with Gasteiger partial charge in [-0.2, -0.15) is 5.10 Å². The van der Waals surface area contributed by atoms with Crippen molar-refractivity contribution in [3.05, 3.63) is 65.6 Å². The van der Waals surface area contributed by atoms with Gasteiger partial charge in [0, 0.05) is 36.6 Å². The summed E-state index contributed by atoms with van der Waals surface area (Å²) in [5.41, 5.74) is 3.23. The Hall–Kier alpha value is -3.19. The molecule has 0 bridgehead atoms. The fourth-order valence-electron chi connectivity index (χ4n) is 3.85. The molecule has 1 N–H and O–H groups in total. The molecule has 1 saturated heterocycles. The van der Waals surface area contributed by atoms with Crippen molar-refractivity contribution in [2.24, 2.45) is 7.05 Å². The van der Waals surface area contributed by atoms with Crippen LogP contribution in [0, 0.1) is 12.7 Å². The predicted octanol–water partition coefficient (Wildman–Crippen LogP) is 4.26. The minimum atomic E-state index is -0.328. The maximum Gasteiger partial charge on any atom is 0.255 e. The van der Waals surface area contributed by atoms with E-state index in [2.05, 4.69) is 15.3 Å². The minimum Gasteiger partial charge on any atom is -0.492 e. The highest BCUT2D eigenvalue weighted by molar-refractivity contribution is 6.04. The number of aromatic nitrogens is 2. The zero-order chi connectivity index (χ0) is 21.8. The molecule has 0 spiro atoms. The Bertz CT molecular complexity index is 1070. The molecule has 31 heavy (non-hydrogen) atoms. The number of anilines is 1. The van der Waals surface area contributed by atoms with Gasteiger partial charge in [0.2, 0.25) is 0 Å². The molecular formula is C24H27FN4O2. The molecule has 0 radical (unpaired) electrons. The number of nitrogens with one attached hydrogen (secondary N) is 1. The first-order valence-electron chi connectivity index (χ1n) is 10.6. The van der Waals surface area contributed by atoms with Gasteiger partial charge in [-0.3, -0.25) is 14.4 Å². The molecule has 3 aromatic rings. The van der Waals surface area contributed by atoms with Crippen molar-refractivity contribution in [3.63, 3.8) is 0 Å². The molecule has 1 aliphatic rings. The molecule has 0 saturated carbocycles. The summed E-state index contributed by atoms with van der Waals surface area (Å²) in [6.07, 6.45) is 4.24. The third-order valence-corrected chi connectivity index (χ3v) is 5.62. The lowest BCUT2D eigenvalue weighted by atomic mass is 10.1. The maximum absolute atomic E-state index is 13.5. The fraction of sp³-hybridized carbons (Fsp3) is 0.333. The third-order valence-electron chi connectivity index (χ3n) is 5.62. The molecule has 2 heterocycles. The first-order chi connectivity index (χ1) is 15.0. The van der Waals surface area contributed by atoms with Crippen LogP contribution in [0.3, 0.4) is 0 Å². The van der Waals surface area contributed by atoms with E-state index in [1.807, 2.05) is 31.3 Å². The van der Waals surface area contributed by atoms with E-state index in [0.29, 0.717) is 23.4 Å². The summed E-state index contributed by atoms with van der Waals surface area (Å²) < 4.78 is 21.4. The van der Waals surface area contributed by atoms with Crippen LogP contribution in [0.25, 0.3) is 11.3 Å². The second-order valence-corrected chi connectivity index (χ2v) is 7.87. The molecule has 162 valence electrons. The van der Waals surface area contributed by atoms with Gasteiger partial charge in [-0.25, -0.2) is 4.39 Å². The molecular weight excluding hydrogens is 395 g/mol. The average molecular weight is 423 g/mol. The normalized spacial score (nSPS) is 14.0. The van der Waals surface area contributed by atoms with Crippen LogP contribution in [0.5, 0.6) is 5.75 Å². The molecule has 1 aliphatic heterocycles. The van der Waals surface area contributed by atoms with E-state index in [1.165, 1.54) is 25.0 Å². The van der Waals surface area contributed by atoms with E-state index in [0.717, 1.165) is 36.6 Å². The molecule has 7 heteroatoms. The van der Waals surface area contributed by atoms with Gasteiger partial charge in [0.15, 0.2) is 0 Å². The van der Waals surface area contributed by atoms with Gasteiger partial charge in [-0.05, 0) is 80.9 Å². The summed E-state index contributed by atoms with van der Waals surface area (Å²) in [6.45, 7) is 5.40. The van der Waals surface area contributed by atoms with Gasteiger partial charge in [-0.1, -0.05) is 0 Å². The number of rotatable bonds is 7. The summed E-state index contributed by atoms with van der Waals surface area (Å²) in [5.74, 6) is 0.130. The molecule has 1 fully saturated rings. The van der Waals surface area contributed by atoms with Crippen LogP contribution in [0.15, 0.2) is 48.7 Å². The second kappa shape index (κ2) is 9.31. The standard InChI is InChI=1S/C24H27FN4O2/c1-17-15-18(5-7-21(17)25)24(30)27-19-6-8-23(31-14-13-29-11-3-4-12-29)20(16-19)22-9-10-26-28(22)2/h5-10,15-16H,3-4,11-14H2,1-2H3,(H,27,30). The van der Waals surface area contributed by atoms with E-state index in [4.69, 9.17) is 4.74 Å². The number of nitrogens with zero attached hydrogens (tertiary/aromatic N) is 3. The molecule has 0 unspecified atom stereocenters. The van der Waals surface area contributed by atoms with Crippen LogP contribution in [-0.4, -0.2) is 46.8 Å². The van der Waals surface area contributed by atoms with Crippen molar-refractivity contribution in [3.8, 4) is 17.0 Å². The van der Waals surface area contributed by atoms with Crippen molar-refractivity contribution in [1.29, 1.82) is 0 Å². The Morgan fingerprint density at radius 2 is 1.97 bits per heavy atom. The number of benzene rings is 2. The SMILES string of the molecule is Cc1cc(C(=O)Nc2ccc(OCCN3CCCC3)c(-c3ccnn3C)c2)ccc1F. The van der Waals surface area contributed by atoms with E-state index < -0.39 is 0 Å². The van der Waals surface area contributed by atoms with E-state index in [9.17, 15) is 9.18 Å². The summed E-state index contributed by atoms with van der Waals surface area (Å²) in [4.78, 5) is 15.1. The Kier molecular flexibility index (Phi) is 6.32. The molecule has 1 aromatic heterocycles. The molecule has 4 rings (SSSR count). The van der Waals surface area contributed by atoms with Crippen molar-refractivity contribution in [2.75, 3.05) is 31.6 Å². The molecule has 1 amide bonds. The Labute approximate surface area is 181 Å². The van der Waals surface area contributed by atoms with Crippen molar-refractivity contribution < 1.29 is 13.9 Å². The number of carbonyl (C=O) groups excluding carboxylic acids is 1. The molecule has 0 atom stereocenters. The highest BCUT2D eigenvalue weighted by Gasteiger charge is 2.15. The zero-order valence-electron chi connectivity index (χ0n) is 17.9. The predicted molar refractivity (Wildman–Crippen MR) is 119 cm³/mol. The van der Waals surface area contributed by atoms with Crippen LogP contribution in [0.4, 0.5) is 10.1 Å². The van der Waals surface area contributed by atoms with Gasteiger partial charge in [-0.15, -0.1) is 0 Å². The summed E-state index contributed by atoms with van der Waals surface area (Å²) >= 11 is 0. The lowest BCUT2D eigenvalue weighted by molar-refractivity contribution is 0.102. The number of carbonyl (C=O) groups is 1. The number of ether oxygens (including phenoxy) is 1. The molecule has 2 aromatic carbocycles. The van der Waals surface area contributed by atoms with Crippen LogP contribution < -0.4 is 10.1 Å². The summed E-state index contributed by atoms with van der Waals surface area (Å²) in [7, 11) is 1.87. The number of hydrogen-bond donors (Lipinski definition) is 1. The van der Waals surface area contributed by atoms with Crippen molar-refractivity contribution in [1.82, 2.24) is 14.7 Å². The first-order valence-corrected chi connectivity index (χ1v) is 10.6. The highest BCUT2D eigenvalue weighted by Crippen LogP contribution is 2.32. The molecule has 0 aliphatic carbocycles. The topological polar surface area (TPSA) is 59.4 Å². The first kappa shape index (κ1) is 21.1. The van der Waals surface area contributed by atoms with Crippen molar-refractivity contribution in [2.45, 2.75) is 19.8 Å². The van der Waals surface area contributed by atoms with E-state index in [1.54, 1.807) is 23.9 Å². The van der Waals surface area contributed by atoms with Gasteiger partial charge < -0.3 is 10.1 Å². The maximum atomic E-state index is 13.5. The summed E-state index contributed by atoms with van der Waals surface area (Å²) in [6, 6.07) is 11.8. The molecule has 6 nitrogen and oxygen atoms in total. The van der Waals surface area contributed by atoms with E-state index in [-0.39, 0.29) is 11.7 Å². The Morgan fingerprint density at radius 3 is 2.68 bits per heavy atom. The quantitative estimate of drug-likeness (QED) is 0.618. The van der Waals surface area contributed by atoms with Gasteiger partial charge in [0.1, 0.15) is 18.2 Å². The van der Waals surface area contributed by atoms with Crippen LogP contribution in [0.2, 0.25) is 0 Å². The smallest absolute Gasteiger partial charge is 0.255 e. The zero-order valence-corrected chi connectivity index (χ0v) is 17.9. The minimum absolute atomic E-state index is 0.290. The van der Waals surface area contributed by atoms with Crippen LogP contribution in [-0.2, 0) is 7.05 Å². The number of likely N-dealkylation sites (tertiary alicyclic amines) is 1. The number of hydrogen-bond acceptors (Lipinski definition) is 4. The number of aryl methyl sites for hydroxylation is 2. The summed E-state index contributed by atoms with van der Waals surface area (Å²) in [5, 5.41) is 7.16. The van der Waals surface area contributed by atoms with Crippen LogP contribution >= 0.6 is 0 Å². The van der Waals surface area contributed by atoms with Gasteiger partial charge in [0.25, 0.3) is 5.91 Å². The van der Waals surface area contributed by atoms with Crippen molar-refractivity contribution >= 4 is 11.6 Å². The van der Waals surface area contributed by atoms with Gasteiger partial charge in [0.05, 0.1) is 5.69 Å². The second-order valence-electron chi connectivity index (χ2n) is 7.87. The number of amides is 1. The van der Waals surface area contributed by atoms with Gasteiger partial charge >= 0.3 is 0 Å². The Morgan fingerprint density at radius 1 is 1.16 bits per heavy atom. The van der Waals surface area contributed by atoms with Crippen LogP contribution in [0.1, 0.15) is 28.8 Å². The average Bonchev–Trinajstić information content (AvgIpc) is 3.42. The lowest BCUT2D eigenvalue weighted by Crippen LogP contribution is -2.25. The highest BCUT2D eigenvalue weighted by atomic mass is 19.1. The lowest BCUT2D eigenvalue weighted by Gasteiger charge is -2.17. The fourth-order valence-corrected chi connectivity index (χ4v) is 3.85. The monoisotopic (exact) mass is 422 g/mol. The largest absolute Gasteiger partial charge is 0.492 e.